The summed E-state index contributed by atoms with van der Waals surface area (Å²) in [4.78, 5) is 0. The minimum absolute atomic E-state index is 1.08. The van der Waals surface area contributed by atoms with Gasteiger partial charge < -0.3 is 13.7 Å². The zero-order valence-corrected chi connectivity index (χ0v) is 26.8. The minimum Gasteiger partial charge on any atom is -0.309 e. The summed E-state index contributed by atoms with van der Waals surface area (Å²) in [6.45, 7) is 0. The number of aryl methyl sites for hydroxylation is 1. The third-order valence-corrected chi connectivity index (χ3v) is 10.7. The summed E-state index contributed by atoms with van der Waals surface area (Å²) in [7, 11) is 0. The Morgan fingerprint density at radius 2 is 1.04 bits per heavy atom. The molecule has 1 aliphatic carbocycles. The summed E-state index contributed by atoms with van der Waals surface area (Å²) in [5.74, 6) is 0. The van der Waals surface area contributed by atoms with Crippen molar-refractivity contribution in [2.45, 2.75) is 12.8 Å². The van der Waals surface area contributed by atoms with Crippen molar-refractivity contribution in [2.75, 3.05) is 0 Å². The van der Waals surface area contributed by atoms with E-state index in [0.29, 0.717) is 0 Å². The molecule has 3 heteroatoms. The summed E-state index contributed by atoms with van der Waals surface area (Å²) >= 11 is 0. The lowest BCUT2D eigenvalue weighted by atomic mass is 9.95. The van der Waals surface area contributed by atoms with Gasteiger partial charge in [0.05, 0.1) is 38.8 Å². The molecule has 0 atom stereocenters. The molecule has 3 aromatic heterocycles. The van der Waals surface area contributed by atoms with Crippen LogP contribution >= 0.6 is 0 Å². The maximum atomic E-state index is 2.54. The molecule has 0 amide bonds. The minimum atomic E-state index is 1.08. The molecule has 0 radical (unpaired) electrons. The average Bonchev–Trinajstić information content (AvgIpc) is 3.80. The summed E-state index contributed by atoms with van der Waals surface area (Å²) in [6.07, 6.45) is 6.83. The Balaban J connectivity index is 1.26. The van der Waals surface area contributed by atoms with Crippen molar-refractivity contribution < 1.29 is 0 Å². The second-order valence-corrected chi connectivity index (χ2v) is 13.2. The molecule has 0 aliphatic heterocycles. The highest BCUT2D eigenvalue weighted by atomic mass is 15.0. The van der Waals surface area contributed by atoms with Gasteiger partial charge in [-0.2, -0.15) is 0 Å². The van der Waals surface area contributed by atoms with Gasteiger partial charge in [-0.05, 0) is 79.1 Å². The van der Waals surface area contributed by atoms with Gasteiger partial charge >= 0.3 is 0 Å². The first-order valence-corrected chi connectivity index (χ1v) is 17.2. The van der Waals surface area contributed by atoms with E-state index < -0.39 is 0 Å². The first-order valence-electron chi connectivity index (χ1n) is 17.2. The molecular formula is C46H31N3. The van der Waals surface area contributed by atoms with Crippen LogP contribution in [0, 0.1) is 0 Å². The summed E-state index contributed by atoms with van der Waals surface area (Å²) in [5.41, 5.74) is 13.7. The quantitative estimate of drug-likeness (QED) is 0.186. The highest BCUT2D eigenvalue weighted by Crippen LogP contribution is 2.43. The monoisotopic (exact) mass is 625 g/mol. The third-order valence-electron chi connectivity index (χ3n) is 10.7. The summed E-state index contributed by atoms with van der Waals surface area (Å²) < 4.78 is 7.40. The van der Waals surface area contributed by atoms with Gasteiger partial charge in [0.2, 0.25) is 0 Å². The largest absolute Gasteiger partial charge is 0.309 e. The predicted molar refractivity (Wildman–Crippen MR) is 207 cm³/mol. The van der Waals surface area contributed by atoms with Crippen molar-refractivity contribution in [3.63, 3.8) is 0 Å². The number of hydrogen-bond acceptors (Lipinski definition) is 0. The van der Waals surface area contributed by atoms with Crippen LogP contribution in [0.4, 0.5) is 0 Å². The highest BCUT2D eigenvalue weighted by Gasteiger charge is 2.23. The maximum absolute atomic E-state index is 2.54. The topological polar surface area (TPSA) is 14.8 Å². The fraction of sp³-hybridized carbons (Fsp3) is 0.0435. The predicted octanol–water partition coefficient (Wildman–Crippen LogP) is 11.9. The molecule has 0 saturated heterocycles. The van der Waals surface area contributed by atoms with Crippen LogP contribution in [0.15, 0.2) is 158 Å². The number of rotatable bonds is 3. The van der Waals surface area contributed by atoms with Crippen molar-refractivity contribution in [2.24, 2.45) is 0 Å². The van der Waals surface area contributed by atoms with Gasteiger partial charge in [-0.25, -0.2) is 0 Å². The average molecular weight is 626 g/mol. The van der Waals surface area contributed by atoms with Crippen LogP contribution in [0.1, 0.15) is 17.5 Å². The van der Waals surface area contributed by atoms with Crippen molar-refractivity contribution in [3.8, 4) is 17.1 Å². The van der Waals surface area contributed by atoms with Gasteiger partial charge in [-0.15, -0.1) is 0 Å². The first-order chi connectivity index (χ1) is 24.3. The fourth-order valence-electron chi connectivity index (χ4n) is 8.64. The van der Waals surface area contributed by atoms with Gasteiger partial charge in [0.25, 0.3) is 0 Å². The lowest BCUT2D eigenvalue weighted by Crippen LogP contribution is -2.03. The molecule has 0 fully saturated rings. The van der Waals surface area contributed by atoms with E-state index in [2.05, 4.69) is 178 Å². The third kappa shape index (κ3) is 3.67. The molecular weight excluding hydrogens is 595 g/mol. The van der Waals surface area contributed by atoms with E-state index in [-0.39, 0.29) is 0 Å². The Hall–Kier alpha value is -6.32. The molecule has 0 N–H and O–H groups in total. The molecule has 0 unspecified atom stereocenters. The number of para-hydroxylation sites is 4. The molecule has 230 valence electrons. The maximum Gasteiger partial charge on any atom is 0.0641 e. The van der Waals surface area contributed by atoms with Crippen LogP contribution in [-0.2, 0) is 6.42 Å². The van der Waals surface area contributed by atoms with Crippen molar-refractivity contribution in [1.82, 2.24) is 13.7 Å². The second kappa shape index (κ2) is 10.1. The molecule has 49 heavy (non-hydrogen) atoms. The molecule has 7 aromatic carbocycles. The Kier molecular flexibility index (Phi) is 5.50. The van der Waals surface area contributed by atoms with Crippen molar-refractivity contribution in [3.05, 3.63) is 169 Å². The number of aromatic nitrogens is 3. The summed E-state index contributed by atoms with van der Waals surface area (Å²) in [5, 5.41) is 7.62. The fourth-order valence-corrected chi connectivity index (χ4v) is 8.64. The Morgan fingerprint density at radius 1 is 0.408 bits per heavy atom. The van der Waals surface area contributed by atoms with Crippen LogP contribution in [0.3, 0.4) is 0 Å². The number of fused-ring (bicyclic) bond motifs is 11. The molecule has 11 rings (SSSR count). The van der Waals surface area contributed by atoms with E-state index in [1.807, 2.05) is 0 Å². The normalized spacial score (nSPS) is 13.1. The van der Waals surface area contributed by atoms with Crippen LogP contribution in [-0.4, -0.2) is 13.7 Å². The van der Waals surface area contributed by atoms with Crippen LogP contribution in [0.5, 0.6) is 0 Å². The molecule has 0 bridgehead atoms. The van der Waals surface area contributed by atoms with Gasteiger partial charge in [-0.3, -0.25) is 0 Å². The Labute approximate surface area is 283 Å². The van der Waals surface area contributed by atoms with Gasteiger partial charge in [0, 0.05) is 49.3 Å². The Bertz CT molecular complexity index is 2980. The van der Waals surface area contributed by atoms with Crippen LogP contribution in [0.25, 0.3) is 88.6 Å². The van der Waals surface area contributed by atoms with Crippen LogP contribution in [0.2, 0.25) is 0 Å². The van der Waals surface area contributed by atoms with E-state index in [1.54, 1.807) is 0 Å². The zero-order chi connectivity index (χ0) is 32.1. The van der Waals surface area contributed by atoms with Crippen molar-refractivity contribution in [1.29, 1.82) is 0 Å². The molecule has 1 aliphatic rings. The highest BCUT2D eigenvalue weighted by molar-refractivity contribution is 6.26. The van der Waals surface area contributed by atoms with E-state index in [0.717, 1.165) is 18.5 Å². The molecule has 3 heterocycles. The number of hydrogen-bond donors (Lipinski definition) is 0. The van der Waals surface area contributed by atoms with Gasteiger partial charge in [-0.1, -0.05) is 103 Å². The standard InChI is InChI=1S/C46H31N3/c1-2-15-31(16-3-1)47-40-21-9-7-19-35(40)38-29-32(25-27-43(38)47)48-42-23-11-8-20-37(42)45-44(48)28-26-36-34-18-6-10-22-41(34)49(46(36)45)39-24-12-14-30-13-4-5-17-33(30)39/h1-3,5-12,14-29H,4,13H2. The number of nitrogens with zero attached hydrogens (tertiary/aromatic N) is 3. The Morgan fingerprint density at radius 3 is 1.86 bits per heavy atom. The van der Waals surface area contributed by atoms with Gasteiger partial charge in [0.1, 0.15) is 0 Å². The number of allylic oxidation sites excluding steroid dienone is 1. The molecule has 0 spiro atoms. The smallest absolute Gasteiger partial charge is 0.0641 e. The lowest BCUT2D eigenvalue weighted by Gasteiger charge is -2.18. The second-order valence-electron chi connectivity index (χ2n) is 13.2. The molecule has 0 saturated carbocycles. The number of benzene rings is 7. The zero-order valence-electron chi connectivity index (χ0n) is 26.8. The van der Waals surface area contributed by atoms with E-state index >= 15 is 0 Å². The molecule has 10 aromatic rings. The lowest BCUT2D eigenvalue weighted by molar-refractivity contribution is 0.977. The van der Waals surface area contributed by atoms with Crippen molar-refractivity contribution >= 4 is 71.5 Å². The van der Waals surface area contributed by atoms with E-state index in [9.17, 15) is 0 Å². The molecule has 3 nitrogen and oxygen atoms in total. The van der Waals surface area contributed by atoms with E-state index in [4.69, 9.17) is 0 Å². The first kappa shape index (κ1) is 26.7. The van der Waals surface area contributed by atoms with Crippen LogP contribution < -0.4 is 0 Å². The van der Waals surface area contributed by atoms with E-state index in [1.165, 1.54) is 87.9 Å². The van der Waals surface area contributed by atoms with Gasteiger partial charge in [0.15, 0.2) is 0 Å². The SMILES string of the molecule is C1=Cc2c(cccc2-n2c3ccccc3c3ccc4c(c5ccccc5n4-c4ccc5c(c4)c4ccccc4n5-c4ccccc4)c32)CC1. The summed E-state index contributed by atoms with van der Waals surface area (Å²) in [6, 6.07) is 55.8.